The van der Waals surface area contributed by atoms with Crippen LogP contribution in [0.1, 0.15) is 23.7 Å². The van der Waals surface area contributed by atoms with Gasteiger partial charge in [-0.1, -0.05) is 0 Å². The summed E-state index contributed by atoms with van der Waals surface area (Å²) in [5, 5.41) is 6.19. The highest BCUT2D eigenvalue weighted by Crippen LogP contribution is 2.30. The zero-order valence-electron chi connectivity index (χ0n) is 16.5. The van der Waals surface area contributed by atoms with Crippen molar-refractivity contribution in [1.29, 1.82) is 0 Å². The third-order valence-corrected chi connectivity index (χ3v) is 4.53. The number of amides is 1. The monoisotopic (exact) mass is 406 g/mol. The fraction of sp³-hybridized carbons (Fsp3) is 0.286. The molecule has 0 radical (unpaired) electrons. The standard InChI is InChI=1S/C21H22N6O3/c1-2-29-18-4-3-6-24-21(18)30-17-8-14(9-23-13-17)19-25-10-15(11-26-19)20(28)27-16-5-7-22-12-16/h3-4,6,8-11,13,16,22H,2,5,7,12H2,1H3,(H,27,28)/t16-/m0/s1. The van der Waals surface area contributed by atoms with Crippen molar-refractivity contribution < 1.29 is 14.3 Å². The van der Waals surface area contributed by atoms with Gasteiger partial charge in [-0.15, -0.1) is 0 Å². The summed E-state index contributed by atoms with van der Waals surface area (Å²) in [5.41, 5.74) is 1.08. The van der Waals surface area contributed by atoms with Crippen LogP contribution in [-0.4, -0.2) is 51.6 Å². The molecule has 9 nitrogen and oxygen atoms in total. The van der Waals surface area contributed by atoms with Crippen molar-refractivity contribution in [3.05, 3.63) is 54.7 Å². The van der Waals surface area contributed by atoms with Gasteiger partial charge in [-0.3, -0.25) is 9.78 Å². The molecule has 9 heteroatoms. The number of carbonyl (C=O) groups is 1. The lowest BCUT2D eigenvalue weighted by atomic mass is 10.2. The Hall–Kier alpha value is -3.59. The van der Waals surface area contributed by atoms with Crippen molar-refractivity contribution in [2.45, 2.75) is 19.4 Å². The quantitative estimate of drug-likeness (QED) is 0.614. The molecule has 4 heterocycles. The van der Waals surface area contributed by atoms with Crippen LogP contribution in [0.3, 0.4) is 0 Å². The Balaban J connectivity index is 1.48. The first kappa shape index (κ1) is 19.7. The van der Waals surface area contributed by atoms with Crippen molar-refractivity contribution in [1.82, 2.24) is 30.6 Å². The molecule has 154 valence electrons. The van der Waals surface area contributed by atoms with Crippen LogP contribution in [0.15, 0.2) is 49.2 Å². The number of ether oxygens (including phenoxy) is 2. The highest BCUT2D eigenvalue weighted by Gasteiger charge is 2.18. The van der Waals surface area contributed by atoms with Gasteiger partial charge in [0.1, 0.15) is 5.75 Å². The number of aromatic nitrogens is 4. The molecule has 0 bridgehead atoms. The molecule has 0 aromatic carbocycles. The van der Waals surface area contributed by atoms with Crippen LogP contribution in [0.25, 0.3) is 11.4 Å². The Morgan fingerprint density at radius 1 is 1.23 bits per heavy atom. The number of carbonyl (C=O) groups excluding carboxylic acids is 1. The maximum atomic E-state index is 12.3. The van der Waals surface area contributed by atoms with E-state index in [-0.39, 0.29) is 11.9 Å². The molecule has 1 fully saturated rings. The highest BCUT2D eigenvalue weighted by atomic mass is 16.5. The first-order valence-electron chi connectivity index (χ1n) is 9.77. The number of nitrogens with one attached hydrogen (secondary N) is 2. The van der Waals surface area contributed by atoms with Gasteiger partial charge in [0.15, 0.2) is 11.6 Å². The van der Waals surface area contributed by atoms with Crippen LogP contribution >= 0.6 is 0 Å². The second-order valence-corrected chi connectivity index (χ2v) is 6.71. The second-order valence-electron chi connectivity index (χ2n) is 6.71. The Morgan fingerprint density at radius 2 is 2.10 bits per heavy atom. The first-order chi connectivity index (χ1) is 14.7. The molecule has 1 aliphatic heterocycles. The first-order valence-corrected chi connectivity index (χ1v) is 9.77. The molecule has 3 aromatic heterocycles. The van der Waals surface area contributed by atoms with Gasteiger partial charge in [-0.2, -0.15) is 0 Å². The molecule has 1 amide bonds. The van der Waals surface area contributed by atoms with E-state index in [0.29, 0.717) is 40.9 Å². The maximum Gasteiger partial charge on any atom is 0.262 e. The van der Waals surface area contributed by atoms with E-state index in [2.05, 4.69) is 30.6 Å². The average Bonchev–Trinajstić information content (AvgIpc) is 3.29. The second kappa shape index (κ2) is 9.27. The molecule has 1 aliphatic rings. The van der Waals surface area contributed by atoms with E-state index < -0.39 is 0 Å². The molecule has 1 saturated heterocycles. The summed E-state index contributed by atoms with van der Waals surface area (Å²) in [6.45, 7) is 4.09. The number of hydrogen-bond acceptors (Lipinski definition) is 8. The van der Waals surface area contributed by atoms with E-state index in [1.54, 1.807) is 36.8 Å². The lowest BCUT2D eigenvalue weighted by Crippen LogP contribution is -2.36. The number of nitrogens with zero attached hydrogens (tertiary/aromatic N) is 4. The van der Waals surface area contributed by atoms with Crippen LogP contribution in [0.2, 0.25) is 0 Å². The predicted octanol–water partition coefficient (Wildman–Crippen LogP) is 2.22. The number of pyridine rings is 2. The molecule has 1 atom stereocenters. The van der Waals surface area contributed by atoms with E-state index in [0.717, 1.165) is 19.5 Å². The van der Waals surface area contributed by atoms with Gasteiger partial charge in [0, 0.05) is 42.9 Å². The van der Waals surface area contributed by atoms with Crippen LogP contribution in [0.4, 0.5) is 0 Å². The summed E-state index contributed by atoms with van der Waals surface area (Å²) in [6.07, 6.45) is 8.78. The molecule has 0 unspecified atom stereocenters. The average molecular weight is 406 g/mol. The molecule has 2 N–H and O–H groups in total. The van der Waals surface area contributed by atoms with Crippen molar-refractivity contribution in [2.75, 3.05) is 19.7 Å². The lowest BCUT2D eigenvalue weighted by Gasteiger charge is -2.11. The molecular formula is C21H22N6O3. The Labute approximate surface area is 173 Å². The summed E-state index contributed by atoms with van der Waals surface area (Å²) in [6, 6.07) is 5.47. The normalized spacial score (nSPS) is 15.6. The molecule has 0 spiro atoms. The molecule has 3 aromatic rings. The Morgan fingerprint density at radius 3 is 2.87 bits per heavy atom. The van der Waals surface area contributed by atoms with Gasteiger partial charge < -0.3 is 20.1 Å². The zero-order chi connectivity index (χ0) is 20.8. The molecular weight excluding hydrogens is 384 g/mol. The minimum atomic E-state index is -0.177. The lowest BCUT2D eigenvalue weighted by molar-refractivity contribution is 0.0939. The van der Waals surface area contributed by atoms with Gasteiger partial charge in [0.2, 0.25) is 0 Å². The smallest absolute Gasteiger partial charge is 0.262 e. The fourth-order valence-corrected chi connectivity index (χ4v) is 3.07. The highest BCUT2D eigenvalue weighted by molar-refractivity contribution is 5.93. The third-order valence-electron chi connectivity index (χ3n) is 4.53. The summed E-state index contributed by atoms with van der Waals surface area (Å²) in [5.74, 6) is 1.65. The predicted molar refractivity (Wildman–Crippen MR) is 109 cm³/mol. The van der Waals surface area contributed by atoms with E-state index in [1.165, 1.54) is 12.4 Å². The van der Waals surface area contributed by atoms with E-state index in [1.807, 2.05) is 6.92 Å². The summed E-state index contributed by atoms with van der Waals surface area (Å²) >= 11 is 0. The molecule has 4 rings (SSSR count). The zero-order valence-corrected chi connectivity index (χ0v) is 16.5. The number of rotatable bonds is 7. The van der Waals surface area contributed by atoms with Crippen LogP contribution in [-0.2, 0) is 0 Å². The van der Waals surface area contributed by atoms with E-state index in [9.17, 15) is 4.79 Å². The van der Waals surface area contributed by atoms with Gasteiger partial charge in [-0.05, 0) is 38.1 Å². The largest absolute Gasteiger partial charge is 0.488 e. The van der Waals surface area contributed by atoms with Gasteiger partial charge >= 0.3 is 0 Å². The summed E-state index contributed by atoms with van der Waals surface area (Å²) in [7, 11) is 0. The molecule has 0 aliphatic carbocycles. The van der Waals surface area contributed by atoms with Crippen molar-refractivity contribution in [3.8, 4) is 28.8 Å². The number of hydrogen-bond donors (Lipinski definition) is 2. The van der Waals surface area contributed by atoms with Crippen molar-refractivity contribution in [2.24, 2.45) is 0 Å². The summed E-state index contributed by atoms with van der Waals surface area (Å²) < 4.78 is 11.4. The SMILES string of the molecule is CCOc1cccnc1Oc1cncc(-c2ncc(C(=O)N[C@H]3CCNC3)cn2)c1. The summed E-state index contributed by atoms with van der Waals surface area (Å²) in [4.78, 5) is 29.4. The van der Waals surface area contributed by atoms with Gasteiger partial charge in [-0.25, -0.2) is 15.0 Å². The van der Waals surface area contributed by atoms with Crippen LogP contribution in [0, 0.1) is 0 Å². The van der Waals surface area contributed by atoms with E-state index >= 15 is 0 Å². The van der Waals surface area contributed by atoms with Crippen LogP contribution in [0.5, 0.6) is 17.4 Å². The topological polar surface area (TPSA) is 111 Å². The minimum Gasteiger partial charge on any atom is -0.488 e. The minimum absolute atomic E-state index is 0.142. The van der Waals surface area contributed by atoms with Gasteiger partial charge in [0.05, 0.1) is 18.4 Å². The Kier molecular flexibility index (Phi) is 6.09. The molecule has 0 saturated carbocycles. The van der Waals surface area contributed by atoms with Crippen molar-refractivity contribution in [3.63, 3.8) is 0 Å². The fourth-order valence-electron chi connectivity index (χ4n) is 3.07. The maximum absolute atomic E-state index is 12.3. The van der Waals surface area contributed by atoms with Crippen molar-refractivity contribution >= 4 is 5.91 Å². The van der Waals surface area contributed by atoms with Crippen LogP contribution < -0.4 is 20.1 Å². The van der Waals surface area contributed by atoms with Gasteiger partial charge in [0.25, 0.3) is 11.8 Å². The Bertz CT molecular complexity index is 1010. The molecule has 30 heavy (non-hydrogen) atoms. The van der Waals surface area contributed by atoms with E-state index in [4.69, 9.17) is 9.47 Å². The third kappa shape index (κ3) is 4.69.